The Morgan fingerprint density at radius 2 is 2.06 bits per heavy atom. The largest absolute Gasteiger partial charge is 0.377 e. The van der Waals surface area contributed by atoms with Gasteiger partial charge in [0.05, 0.1) is 6.10 Å². The second-order valence-corrected chi connectivity index (χ2v) is 5.96. The predicted molar refractivity (Wildman–Crippen MR) is 73.2 cm³/mol. The maximum atomic E-state index is 5.70. The van der Waals surface area contributed by atoms with Gasteiger partial charge >= 0.3 is 0 Å². The molecule has 17 heavy (non-hydrogen) atoms. The van der Waals surface area contributed by atoms with Gasteiger partial charge in [-0.2, -0.15) is 0 Å². The first-order valence-corrected chi connectivity index (χ1v) is 7.11. The molecule has 2 N–H and O–H groups in total. The van der Waals surface area contributed by atoms with E-state index in [2.05, 4.69) is 18.7 Å². The lowest BCUT2D eigenvalue weighted by molar-refractivity contribution is 0.0544. The molecule has 1 saturated heterocycles. The van der Waals surface area contributed by atoms with E-state index >= 15 is 0 Å². The van der Waals surface area contributed by atoms with E-state index < -0.39 is 0 Å². The molecule has 0 aromatic rings. The van der Waals surface area contributed by atoms with E-state index in [9.17, 15) is 0 Å². The Bertz CT molecular complexity index is 206. The fourth-order valence-electron chi connectivity index (χ4n) is 2.53. The average molecular weight is 242 g/mol. The Balaban J connectivity index is 2.27. The Labute approximate surface area is 107 Å². The van der Waals surface area contributed by atoms with Crippen LogP contribution in [0, 0.1) is 5.41 Å². The molecular weight excluding hydrogens is 212 g/mol. The zero-order valence-electron chi connectivity index (χ0n) is 11.9. The van der Waals surface area contributed by atoms with Crippen molar-refractivity contribution >= 4 is 0 Å². The van der Waals surface area contributed by atoms with Crippen LogP contribution in [0.2, 0.25) is 0 Å². The van der Waals surface area contributed by atoms with E-state index in [1.54, 1.807) is 0 Å². The Hall–Kier alpha value is -0.120. The second-order valence-electron chi connectivity index (χ2n) is 5.96. The van der Waals surface area contributed by atoms with Crippen molar-refractivity contribution in [2.45, 2.75) is 52.6 Å². The van der Waals surface area contributed by atoms with Gasteiger partial charge in [-0.1, -0.05) is 13.8 Å². The summed E-state index contributed by atoms with van der Waals surface area (Å²) in [5.74, 6) is 0. The third-order valence-corrected chi connectivity index (χ3v) is 3.87. The highest BCUT2D eigenvalue weighted by Crippen LogP contribution is 2.29. The number of hydrogen-bond donors (Lipinski definition) is 1. The molecule has 0 bridgehead atoms. The maximum absolute atomic E-state index is 5.70. The Kier molecular flexibility index (Phi) is 6.45. The van der Waals surface area contributed by atoms with Crippen LogP contribution in [-0.4, -0.2) is 43.8 Å². The lowest BCUT2D eigenvalue weighted by Crippen LogP contribution is -2.32. The van der Waals surface area contributed by atoms with E-state index in [-0.39, 0.29) is 6.10 Å². The summed E-state index contributed by atoms with van der Waals surface area (Å²) in [6.07, 6.45) is 5.32. The summed E-state index contributed by atoms with van der Waals surface area (Å²) < 4.78 is 5.60. The van der Waals surface area contributed by atoms with Crippen LogP contribution in [0.4, 0.5) is 0 Å². The van der Waals surface area contributed by atoms with Gasteiger partial charge in [0, 0.05) is 19.7 Å². The van der Waals surface area contributed by atoms with Crippen molar-refractivity contribution in [3.05, 3.63) is 0 Å². The lowest BCUT2D eigenvalue weighted by atomic mass is 9.85. The molecule has 3 heteroatoms. The monoisotopic (exact) mass is 242 g/mol. The molecule has 0 aromatic heterocycles. The van der Waals surface area contributed by atoms with Crippen molar-refractivity contribution in [3.8, 4) is 0 Å². The van der Waals surface area contributed by atoms with Crippen LogP contribution in [0.1, 0.15) is 46.5 Å². The van der Waals surface area contributed by atoms with Crippen molar-refractivity contribution in [3.63, 3.8) is 0 Å². The van der Waals surface area contributed by atoms with Crippen LogP contribution in [0.15, 0.2) is 0 Å². The number of nitrogens with zero attached hydrogens (tertiary/aromatic N) is 1. The summed E-state index contributed by atoms with van der Waals surface area (Å²) in [5.41, 5.74) is 6.23. The summed E-state index contributed by atoms with van der Waals surface area (Å²) in [7, 11) is 0. The van der Waals surface area contributed by atoms with Gasteiger partial charge in [0.25, 0.3) is 0 Å². The van der Waals surface area contributed by atoms with Crippen molar-refractivity contribution < 1.29 is 4.74 Å². The van der Waals surface area contributed by atoms with Crippen molar-refractivity contribution in [1.82, 2.24) is 4.90 Å². The standard InChI is InChI=1S/C14H30N2O/c1-4-17-13(12-15)6-10-16-9-5-7-14(2,3)8-11-16/h13H,4-12,15H2,1-3H3. The smallest absolute Gasteiger partial charge is 0.0709 e. The zero-order chi connectivity index (χ0) is 12.7. The summed E-state index contributed by atoms with van der Waals surface area (Å²) in [6.45, 7) is 11.8. The molecule has 1 heterocycles. The molecule has 102 valence electrons. The minimum Gasteiger partial charge on any atom is -0.377 e. The average Bonchev–Trinajstić information content (AvgIpc) is 2.46. The van der Waals surface area contributed by atoms with Gasteiger partial charge in [0.2, 0.25) is 0 Å². The minimum absolute atomic E-state index is 0.247. The summed E-state index contributed by atoms with van der Waals surface area (Å²) in [6, 6.07) is 0. The highest BCUT2D eigenvalue weighted by molar-refractivity contribution is 4.76. The van der Waals surface area contributed by atoms with E-state index in [1.807, 2.05) is 6.92 Å². The first-order chi connectivity index (χ1) is 8.07. The SMILES string of the molecule is CCOC(CN)CCN1CCCC(C)(C)CC1. The van der Waals surface area contributed by atoms with E-state index in [1.165, 1.54) is 32.4 Å². The molecule has 0 aromatic carbocycles. The van der Waals surface area contributed by atoms with Crippen LogP contribution in [0.3, 0.4) is 0 Å². The second kappa shape index (κ2) is 7.34. The van der Waals surface area contributed by atoms with E-state index in [4.69, 9.17) is 10.5 Å². The molecule has 0 spiro atoms. The van der Waals surface area contributed by atoms with Gasteiger partial charge in [-0.05, 0) is 51.1 Å². The molecule has 1 fully saturated rings. The minimum atomic E-state index is 0.247. The first-order valence-electron chi connectivity index (χ1n) is 7.11. The highest BCUT2D eigenvalue weighted by atomic mass is 16.5. The molecule has 0 radical (unpaired) electrons. The molecule has 1 aliphatic rings. The highest BCUT2D eigenvalue weighted by Gasteiger charge is 2.23. The summed E-state index contributed by atoms with van der Waals surface area (Å²) in [5, 5.41) is 0. The lowest BCUT2D eigenvalue weighted by Gasteiger charge is -2.24. The third-order valence-electron chi connectivity index (χ3n) is 3.87. The molecule has 1 rings (SSSR count). The van der Waals surface area contributed by atoms with Crippen LogP contribution in [0.25, 0.3) is 0 Å². The molecule has 3 nitrogen and oxygen atoms in total. The molecule has 0 saturated carbocycles. The van der Waals surface area contributed by atoms with Crippen molar-refractivity contribution in [2.75, 3.05) is 32.8 Å². The maximum Gasteiger partial charge on any atom is 0.0709 e. The predicted octanol–water partition coefficient (Wildman–Crippen LogP) is 2.25. The van der Waals surface area contributed by atoms with E-state index in [0.29, 0.717) is 12.0 Å². The normalized spacial score (nSPS) is 23.3. The number of likely N-dealkylation sites (tertiary alicyclic amines) is 1. The Morgan fingerprint density at radius 3 is 2.71 bits per heavy atom. The molecule has 1 atom stereocenters. The summed E-state index contributed by atoms with van der Waals surface area (Å²) in [4.78, 5) is 2.58. The van der Waals surface area contributed by atoms with Gasteiger partial charge in [0.1, 0.15) is 0 Å². The number of hydrogen-bond acceptors (Lipinski definition) is 3. The van der Waals surface area contributed by atoms with Crippen molar-refractivity contribution in [2.24, 2.45) is 11.1 Å². The quantitative estimate of drug-likeness (QED) is 0.776. The van der Waals surface area contributed by atoms with Gasteiger partial charge in [0.15, 0.2) is 0 Å². The number of ether oxygens (including phenoxy) is 1. The van der Waals surface area contributed by atoms with Gasteiger partial charge in [-0.3, -0.25) is 0 Å². The van der Waals surface area contributed by atoms with Gasteiger partial charge < -0.3 is 15.4 Å². The molecule has 1 unspecified atom stereocenters. The molecule has 0 amide bonds. The Morgan fingerprint density at radius 1 is 1.29 bits per heavy atom. The molecule has 1 aliphatic heterocycles. The van der Waals surface area contributed by atoms with Crippen LogP contribution >= 0.6 is 0 Å². The van der Waals surface area contributed by atoms with Gasteiger partial charge in [-0.25, -0.2) is 0 Å². The van der Waals surface area contributed by atoms with Gasteiger partial charge in [-0.15, -0.1) is 0 Å². The van der Waals surface area contributed by atoms with Crippen LogP contribution < -0.4 is 5.73 Å². The fraction of sp³-hybridized carbons (Fsp3) is 1.00. The number of rotatable bonds is 6. The third kappa shape index (κ3) is 5.84. The first kappa shape index (κ1) is 14.9. The van der Waals surface area contributed by atoms with Crippen LogP contribution in [-0.2, 0) is 4.74 Å². The zero-order valence-corrected chi connectivity index (χ0v) is 11.9. The van der Waals surface area contributed by atoms with Crippen LogP contribution in [0.5, 0.6) is 0 Å². The number of nitrogens with two attached hydrogens (primary N) is 1. The summed E-state index contributed by atoms with van der Waals surface area (Å²) >= 11 is 0. The van der Waals surface area contributed by atoms with E-state index in [0.717, 1.165) is 19.6 Å². The molecule has 0 aliphatic carbocycles. The topological polar surface area (TPSA) is 38.5 Å². The van der Waals surface area contributed by atoms with Crippen molar-refractivity contribution in [1.29, 1.82) is 0 Å². The fourth-order valence-corrected chi connectivity index (χ4v) is 2.53. The molecular formula is C14H30N2O.